The van der Waals surface area contributed by atoms with Crippen LogP contribution in [-0.2, 0) is 44.9 Å². The van der Waals surface area contributed by atoms with Gasteiger partial charge in [-0.3, -0.25) is 9.59 Å². The molecule has 4 amide bonds. The van der Waals surface area contributed by atoms with E-state index in [1.54, 1.807) is 41.5 Å². The summed E-state index contributed by atoms with van der Waals surface area (Å²) in [6.07, 6.45) is 2.04. The molecule has 11 nitrogen and oxygen atoms in total. The summed E-state index contributed by atoms with van der Waals surface area (Å²) in [6.45, 7) is 15.2. The maximum absolute atomic E-state index is 13.8. The van der Waals surface area contributed by atoms with Crippen molar-refractivity contribution < 1.29 is 28.7 Å². The summed E-state index contributed by atoms with van der Waals surface area (Å²) in [5.74, 6) is -0.688. The van der Waals surface area contributed by atoms with E-state index in [-0.39, 0.29) is 11.8 Å². The topological polar surface area (TPSA) is 138 Å². The van der Waals surface area contributed by atoms with Gasteiger partial charge in [0, 0.05) is 49.1 Å². The molecule has 4 N–H and O–H groups in total. The van der Waals surface area contributed by atoms with E-state index >= 15 is 0 Å². The minimum Gasteiger partial charge on any atom is -0.444 e. The number of fused-ring (bicyclic) bond motifs is 5. The molecule has 2 aliphatic rings. The number of nitrogens with one attached hydrogen (secondary N) is 4. The van der Waals surface area contributed by atoms with Gasteiger partial charge in [0.2, 0.25) is 11.8 Å². The molecule has 4 aromatic rings. The van der Waals surface area contributed by atoms with Gasteiger partial charge in [-0.15, -0.1) is 0 Å². The molecule has 298 valence electrons. The molecule has 0 saturated carbocycles. The minimum atomic E-state index is -0.870. The first-order chi connectivity index (χ1) is 26.9. The van der Waals surface area contributed by atoms with Crippen molar-refractivity contribution in [3.05, 3.63) is 130 Å². The van der Waals surface area contributed by atoms with Gasteiger partial charge >= 0.3 is 12.2 Å². The lowest BCUT2D eigenvalue weighted by Crippen LogP contribution is -2.47. The van der Waals surface area contributed by atoms with Crippen LogP contribution < -0.4 is 26.2 Å². The molecule has 0 unspecified atom stereocenters. The lowest BCUT2D eigenvalue weighted by Gasteiger charge is -2.36. The second-order valence-electron chi connectivity index (χ2n) is 16.8. The van der Waals surface area contributed by atoms with E-state index in [2.05, 4.69) is 44.5 Å². The van der Waals surface area contributed by atoms with Crippen LogP contribution in [0.5, 0.6) is 0 Å². The molecule has 4 aromatic carbocycles. The number of amides is 4. The largest absolute Gasteiger partial charge is 0.444 e. The van der Waals surface area contributed by atoms with Crippen molar-refractivity contribution in [2.45, 2.75) is 104 Å². The zero-order chi connectivity index (χ0) is 41.1. The number of rotatable bonds is 10. The fourth-order valence-electron chi connectivity index (χ4n) is 7.08. The lowest BCUT2D eigenvalue weighted by molar-refractivity contribution is -0.118. The van der Waals surface area contributed by atoms with E-state index in [0.29, 0.717) is 37.2 Å². The maximum atomic E-state index is 13.8. The molecule has 2 heterocycles. The summed E-state index contributed by atoms with van der Waals surface area (Å²) in [6, 6.07) is 25.6. The van der Waals surface area contributed by atoms with Gasteiger partial charge in [-0.2, -0.15) is 0 Å². The highest BCUT2D eigenvalue weighted by Gasteiger charge is 2.31. The van der Waals surface area contributed by atoms with Crippen LogP contribution in [0.2, 0.25) is 0 Å². The van der Waals surface area contributed by atoms with E-state index < -0.39 is 35.5 Å². The van der Waals surface area contributed by atoms with Crippen molar-refractivity contribution in [1.29, 1.82) is 0 Å². The summed E-state index contributed by atoms with van der Waals surface area (Å²) < 4.78 is 11.0. The number of carbonyl (C=O) groups excluding carboxylic acids is 4. The first kappa shape index (κ1) is 40.6. The fraction of sp³-hybridized carbons (Fsp3) is 0.348. The predicted molar refractivity (Wildman–Crippen MR) is 224 cm³/mol. The highest BCUT2D eigenvalue weighted by atomic mass is 16.6. The third-order valence-electron chi connectivity index (χ3n) is 9.66. The Balaban J connectivity index is 1.20. The second kappa shape index (κ2) is 16.6. The van der Waals surface area contributed by atoms with Crippen molar-refractivity contribution in [3.8, 4) is 0 Å². The average molecular weight is 772 g/mol. The molecule has 0 aliphatic carbocycles. The SMILES string of the molecule is Cc1cc2c(cc1NC(=O)[C@H](Cc1ccccc1)NC(=O)OC(C)(C)C)C1=CN(C2)c2cc(NC(=O)[C@H](Cc3ccccc3)NC(=O)OC(C)(C)C)c(C)cc2C1. The van der Waals surface area contributed by atoms with E-state index in [4.69, 9.17) is 9.47 Å². The predicted octanol–water partition coefficient (Wildman–Crippen LogP) is 8.37. The van der Waals surface area contributed by atoms with Crippen molar-refractivity contribution in [1.82, 2.24) is 10.6 Å². The van der Waals surface area contributed by atoms with Gasteiger partial charge < -0.3 is 35.6 Å². The molecule has 2 bridgehead atoms. The van der Waals surface area contributed by atoms with Crippen LogP contribution in [-0.4, -0.2) is 47.3 Å². The van der Waals surface area contributed by atoms with Crippen molar-refractivity contribution in [3.63, 3.8) is 0 Å². The lowest BCUT2D eigenvalue weighted by atomic mass is 9.86. The standard InChI is InChI=1S/C46H53N5O6/c1-28-19-32-23-34-27-51(40(32)25-37(28)48-42(53)39(22-31-17-13-10-14-18-31)50-44(55)57-46(6,7)8)26-33-20-29(2)36(24-35(33)34)47-41(52)38(21-30-15-11-9-12-16-30)49-43(54)56-45(3,4)5/h9-20,24-25,27,38-39H,21-23,26H2,1-8H3,(H,47,52)(H,48,53)(H,49,54)(H,50,55)/t38-,39-/m0/s1. The molecule has 0 fully saturated rings. The maximum Gasteiger partial charge on any atom is 0.408 e. The van der Waals surface area contributed by atoms with E-state index in [0.717, 1.165) is 50.2 Å². The van der Waals surface area contributed by atoms with Crippen LogP contribution in [0, 0.1) is 13.8 Å². The summed E-state index contributed by atoms with van der Waals surface area (Å²) in [4.78, 5) is 55.5. The highest BCUT2D eigenvalue weighted by molar-refractivity contribution is 5.99. The number of aryl methyl sites for hydroxylation is 2. The van der Waals surface area contributed by atoms with Crippen LogP contribution in [0.15, 0.2) is 91.1 Å². The molecule has 0 radical (unpaired) electrons. The monoisotopic (exact) mass is 771 g/mol. The van der Waals surface area contributed by atoms with Crippen molar-refractivity contribution in [2.24, 2.45) is 0 Å². The Morgan fingerprint density at radius 3 is 1.58 bits per heavy atom. The molecule has 57 heavy (non-hydrogen) atoms. The summed E-state index contributed by atoms with van der Waals surface area (Å²) in [5, 5.41) is 11.8. The van der Waals surface area contributed by atoms with Crippen LogP contribution >= 0.6 is 0 Å². The number of ether oxygens (including phenoxy) is 2. The third kappa shape index (κ3) is 10.6. The normalized spacial score (nSPS) is 14.2. The number of hydrogen-bond donors (Lipinski definition) is 4. The number of anilines is 3. The van der Waals surface area contributed by atoms with Gasteiger partial charge in [-0.1, -0.05) is 72.8 Å². The quantitative estimate of drug-likeness (QED) is 0.127. The third-order valence-corrected chi connectivity index (χ3v) is 9.66. The first-order valence-electron chi connectivity index (χ1n) is 19.3. The molecule has 2 aliphatic heterocycles. The van der Waals surface area contributed by atoms with Crippen LogP contribution in [0.1, 0.15) is 80.5 Å². The zero-order valence-corrected chi connectivity index (χ0v) is 34.0. The van der Waals surface area contributed by atoms with Gasteiger partial charge in [-0.05, 0) is 112 Å². The minimum absolute atomic E-state index is 0.292. The Morgan fingerprint density at radius 2 is 1.11 bits per heavy atom. The molecular weight excluding hydrogens is 719 g/mol. The number of nitrogens with zero attached hydrogens (tertiary/aromatic N) is 1. The highest BCUT2D eigenvalue weighted by Crippen LogP contribution is 2.43. The van der Waals surface area contributed by atoms with Gasteiger partial charge in [0.15, 0.2) is 0 Å². The molecular formula is C46H53N5O6. The Labute approximate surface area is 335 Å². The molecule has 0 saturated heterocycles. The van der Waals surface area contributed by atoms with Crippen molar-refractivity contribution in [2.75, 3.05) is 15.5 Å². The molecule has 0 spiro atoms. The Morgan fingerprint density at radius 1 is 0.649 bits per heavy atom. The van der Waals surface area contributed by atoms with Gasteiger partial charge in [0.1, 0.15) is 23.3 Å². The van der Waals surface area contributed by atoms with Gasteiger partial charge in [0.05, 0.1) is 0 Å². The number of benzene rings is 4. The number of carbonyl (C=O) groups is 4. The number of allylic oxidation sites excluding steroid dienone is 1. The molecule has 11 heteroatoms. The Hall–Kier alpha value is -6.10. The second-order valence-corrected chi connectivity index (χ2v) is 16.8. The Bertz CT molecular complexity index is 2190. The van der Waals surface area contributed by atoms with Crippen molar-refractivity contribution >= 4 is 46.6 Å². The van der Waals surface area contributed by atoms with Crippen LogP contribution in [0.3, 0.4) is 0 Å². The zero-order valence-electron chi connectivity index (χ0n) is 34.0. The van der Waals surface area contributed by atoms with E-state index in [9.17, 15) is 19.2 Å². The summed E-state index contributed by atoms with van der Waals surface area (Å²) >= 11 is 0. The summed E-state index contributed by atoms with van der Waals surface area (Å²) in [5.41, 5.74) is 8.83. The molecule has 2 atom stereocenters. The smallest absolute Gasteiger partial charge is 0.408 e. The van der Waals surface area contributed by atoms with Gasteiger partial charge in [0.25, 0.3) is 0 Å². The first-order valence-corrected chi connectivity index (χ1v) is 19.3. The summed E-state index contributed by atoms with van der Waals surface area (Å²) in [7, 11) is 0. The fourth-order valence-corrected chi connectivity index (χ4v) is 7.08. The Kier molecular flexibility index (Phi) is 11.8. The average Bonchev–Trinajstić information content (AvgIpc) is 3.11. The number of alkyl carbamates (subject to hydrolysis) is 2. The molecule has 6 rings (SSSR count). The van der Waals surface area contributed by atoms with Crippen LogP contribution in [0.4, 0.5) is 26.7 Å². The number of hydrogen-bond acceptors (Lipinski definition) is 7. The van der Waals surface area contributed by atoms with Crippen LogP contribution in [0.25, 0.3) is 5.57 Å². The van der Waals surface area contributed by atoms with Gasteiger partial charge in [-0.25, -0.2) is 9.59 Å². The molecule has 0 aromatic heterocycles. The van der Waals surface area contributed by atoms with E-state index in [1.165, 1.54) is 0 Å². The van der Waals surface area contributed by atoms with E-state index in [1.807, 2.05) is 86.6 Å².